The maximum atomic E-state index is 11.6. The second-order valence-electron chi connectivity index (χ2n) is 5.34. The molecule has 3 amide bonds. The normalized spacial score (nSPS) is 10.5. The minimum absolute atomic E-state index is 0.267. The van der Waals surface area contributed by atoms with Crippen molar-refractivity contribution < 1.29 is 23.9 Å². The average molecular weight is 334 g/mol. The quantitative estimate of drug-likeness (QED) is 0.585. The van der Waals surface area contributed by atoms with Crippen LogP contribution in [0.25, 0.3) is 6.08 Å². The molecule has 7 heteroatoms. The van der Waals surface area contributed by atoms with Crippen molar-refractivity contribution in [1.29, 1.82) is 0 Å². The van der Waals surface area contributed by atoms with Crippen LogP contribution in [0.15, 0.2) is 30.3 Å². The lowest BCUT2D eigenvalue weighted by Gasteiger charge is -2.08. The molecule has 0 aliphatic heterocycles. The number of nitrogens with one attached hydrogen (secondary N) is 2. The van der Waals surface area contributed by atoms with E-state index in [0.29, 0.717) is 17.9 Å². The third-order valence-electron chi connectivity index (χ3n) is 2.81. The highest BCUT2D eigenvalue weighted by molar-refractivity contribution is 5.96. The molecule has 0 heterocycles. The number of benzene rings is 1. The molecular formula is C17H22N2O5. The molecule has 2 N–H and O–H groups in total. The molecule has 0 aliphatic carbocycles. The number of carbonyl (C=O) groups excluding carboxylic acids is 3. The summed E-state index contributed by atoms with van der Waals surface area (Å²) in [5, 5.41) is 4.59. The molecule has 0 saturated carbocycles. The monoisotopic (exact) mass is 334 g/mol. The lowest BCUT2D eigenvalue weighted by Crippen LogP contribution is -2.42. The van der Waals surface area contributed by atoms with E-state index in [9.17, 15) is 14.4 Å². The fourth-order valence-electron chi connectivity index (χ4n) is 1.65. The minimum Gasteiger partial charge on any atom is -0.496 e. The van der Waals surface area contributed by atoms with E-state index in [-0.39, 0.29) is 5.92 Å². The molecule has 24 heavy (non-hydrogen) atoms. The molecule has 0 radical (unpaired) electrons. The first-order valence-electron chi connectivity index (χ1n) is 7.48. The third kappa shape index (κ3) is 7.44. The zero-order valence-corrected chi connectivity index (χ0v) is 14.0. The zero-order chi connectivity index (χ0) is 17.9. The average Bonchev–Trinajstić information content (AvgIpc) is 2.56. The summed E-state index contributed by atoms with van der Waals surface area (Å²) >= 11 is 0. The Morgan fingerprint density at radius 2 is 1.92 bits per heavy atom. The number of methoxy groups -OCH3 is 1. The van der Waals surface area contributed by atoms with Gasteiger partial charge >= 0.3 is 12.0 Å². The van der Waals surface area contributed by atoms with Crippen molar-refractivity contribution in [3.05, 3.63) is 35.9 Å². The fourth-order valence-corrected chi connectivity index (χ4v) is 1.65. The van der Waals surface area contributed by atoms with Crippen molar-refractivity contribution in [2.75, 3.05) is 20.3 Å². The van der Waals surface area contributed by atoms with E-state index >= 15 is 0 Å². The van der Waals surface area contributed by atoms with Gasteiger partial charge in [-0.25, -0.2) is 9.59 Å². The number of hydrogen-bond donors (Lipinski definition) is 2. The van der Waals surface area contributed by atoms with Gasteiger partial charge in [0.25, 0.3) is 5.91 Å². The van der Waals surface area contributed by atoms with E-state index in [2.05, 4.69) is 10.6 Å². The van der Waals surface area contributed by atoms with E-state index in [0.717, 1.165) is 0 Å². The van der Waals surface area contributed by atoms with E-state index in [1.807, 2.05) is 19.9 Å². The van der Waals surface area contributed by atoms with Gasteiger partial charge in [0.05, 0.1) is 7.11 Å². The van der Waals surface area contributed by atoms with E-state index in [1.165, 1.54) is 19.3 Å². The van der Waals surface area contributed by atoms with Crippen molar-refractivity contribution in [1.82, 2.24) is 10.6 Å². The first-order valence-corrected chi connectivity index (χ1v) is 7.48. The molecule has 0 fully saturated rings. The Balaban J connectivity index is 2.39. The molecule has 0 aliphatic rings. The Morgan fingerprint density at radius 1 is 1.21 bits per heavy atom. The van der Waals surface area contributed by atoms with Crippen LogP contribution < -0.4 is 15.4 Å². The molecule has 130 valence electrons. The number of para-hydroxylation sites is 1. The number of carbonyl (C=O) groups is 3. The highest BCUT2D eigenvalue weighted by Gasteiger charge is 2.09. The van der Waals surface area contributed by atoms with Gasteiger partial charge in [0.1, 0.15) is 5.75 Å². The maximum absolute atomic E-state index is 11.6. The topological polar surface area (TPSA) is 93.7 Å². The van der Waals surface area contributed by atoms with Crippen LogP contribution in [0.1, 0.15) is 19.4 Å². The second kappa shape index (κ2) is 10.0. The lowest BCUT2D eigenvalue weighted by molar-refractivity contribution is -0.143. The Morgan fingerprint density at radius 3 is 2.58 bits per heavy atom. The van der Waals surface area contributed by atoms with Gasteiger partial charge in [0.2, 0.25) is 0 Å². The fraction of sp³-hybridized carbons (Fsp3) is 0.353. The van der Waals surface area contributed by atoms with Gasteiger partial charge in [-0.2, -0.15) is 0 Å². The Kier molecular flexibility index (Phi) is 8.04. The molecule has 0 bridgehead atoms. The number of esters is 1. The Hall–Kier alpha value is -2.83. The summed E-state index contributed by atoms with van der Waals surface area (Å²) in [7, 11) is 1.53. The van der Waals surface area contributed by atoms with Gasteiger partial charge in [-0.05, 0) is 18.1 Å². The van der Waals surface area contributed by atoms with E-state index in [4.69, 9.17) is 9.47 Å². The number of amides is 3. The van der Waals surface area contributed by atoms with Crippen LogP contribution in [0.5, 0.6) is 5.75 Å². The van der Waals surface area contributed by atoms with Crippen LogP contribution in [0.4, 0.5) is 4.79 Å². The van der Waals surface area contributed by atoms with Crippen molar-refractivity contribution in [2.45, 2.75) is 13.8 Å². The largest absolute Gasteiger partial charge is 0.496 e. The van der Waals surface area contributed by atoms with Crippen LogP contribution in [0, 0.1) is 5.92 Å². The molecule has 1 aromatic rings. The molecule has 7 nitrogen and oxygen atoms in total. The summed E-state index contributed by atoms with van der Waals surface area (Å²) in [5.41, 5.74) is 0.703. The first-order chi connectivity index (χ1) is 11.4. The van der Waals surface area contributed by atoms with Gasteiger partial charge in [-0.1, -0.05) is 32.0 Å². The molecule has 0 atom stereocenters. The van der Waals surface area contributed by atoms with E-state index in [1.54, 1.807) is 18.2 Å². The molecule has 0 saturated heterocycles. The lowest BCUT2D eigenvalue weighted by atomic mass is 10.2. The van der Waals surface area contributed by atoms with Crippen molar-refractivity contribution in [2.24, 2.45) is 5.92 Å². The van der Waals surface area contributed by atoms with Gasteiger partial charge in [-0.3, -0.25) is 10.1 Å². The van der Waals surface area contributed by atoms with Gasteiger partial charge in [0, 0.05) is 18.2 Å². The molecule has 1 aromatic carbocycles. The first kappa shape index (κ1) is 19.2. The predicted octanol–water partition coefficient (Wildman–Crippen LogP) is 1.73. The molecular weight excluding hydrogens is 312 g/mol. The van der Waals surface area contributed by atoms with Crippen LogP contribution in [0.3, 0.4) is 0 Å². The van der Waals surface area contributed by atoms with Crippen molar-refractivity contribution in [3.8, 4) is 5.75 Å². The number of imide groups is 1. The number of urea groups is 1. The van der Waals surface area contributed by atoms with Gasteiger partial charge < -0.3 is 14.8 Å². The SMILES string of the molecule is COc1ccccc1/C=C/C(=O)OCC(=O)NC(=O)NCC(C)C. The number of hydrogen-bond acceptors (Lipinski definition) is 5. The minimum atomic E-state index is -0.699. The van der Waals surface area contributed by atoms with Gasteiger partial charge in [0.15, 0.2) is 6.61 Å². The molecule has 0 unspecified atom stereocenters. The predicted molar refractivity (Wildman–Crippen MR) is 89.4 cm³/mol. The summed E-state index contributed by atoms with van der Waals surface area (Å²) in [5.74, 6) is -0.515. The summed E-state index contributed by atoms with van der Waals surface area (Å²) in [4.78, 5) is 34.4. The second-order valence-corrected chi connectivity index (χ2v) is 5.34. The summed E-state index contributed by atoms with van der Waals surface area (Å²) in [6.07, 6.45) is 2.71. The molecule has 0 spiro atoms. The smallest absolute Gasteiger partial charge is 0.331 e. The van der Waals surface area contributed by atoms with Crippen LogP contribution in [-0.2, 0) is 14.3 Å². The Bertz CT molecular complexity index is 611. The third-order valence-corrected chi connectivity index (χ3v) is 2.81. The van der Waals surface area contributed by atoms with Crippen molar-refractivity contribution >= 4 is 24.0 Å². The van der Waals surface area contributed by atoms with E-state index < -0.39 is 24.5 Å². The molecule has 0 aromatic heterocycles. The summed E-state index contributed by atoms with van der Waals surface area (Å²) in [6.45, 7) is 3.76. The standard InChI is InChI=1S/C17H22N2O5/c1-12(2)10-18-17(22)19-15(20)11-24-16(21)9-8-13-6-4-5-7-14(13)23-3/h4-9,12H,10-11H2,1-3H3,(H2,18,19,20,22)/b9-8+. The number of rotatable bonds is 7. The van der Waals surface area contributed by atoms with Gasteiger partial charge in [-0.15, -0.1) is 0 Å². The van der Waals surface area contributed by atoms with Crippen LogP contribution in [0.2, 0.25) is 0 Å². The number of ether oxygens (including phenoxy) is 2. The summed E-state index contributed by atoms with van der Waals surface area (Å²) in [6, 6.07) is 6.53. The zero-order valence-electron chi connectivity index (χ0n) is 14.0. The molecule has 1 rings (SSSR count). The van der Waals surface area contributed by atoms with Crippen LogP contribution >= 0.6 is 0 Å². The maximum Gasteiger partial charge on any atom is 0.331 e. The Labute approximate surface area is 141 Å². The van der Waals surface area contributed by atoms with Crippen molar-refractivity contribution in [3.63, 3.8) is 0 Å². The van der Waals surface area contributed by atoms with Crippen LogP contribution in [-0.4, -0.2) is 38.2 Å². The highest BCUT2D eigenvalue weighted by Crippen LogP contribution is 2.18. The highest BCUT2D eigenvalue weighted by atomic mass is 16.5. The summed E-state index contributed by atoms with van der Waals surface area (Å²) < 4.78 is 9.91.